The van der Waals surface area contributed by atoms with Crippen molar-refractivity contribution in [3.63, 3.8) is 0 Å². The van der Waals surface area contributed by atoms with E-state index in [1.54, 1.807) is 13.0 Å². The number of halogens is 1. The van der Waals surface area contributed by atoms with E-state index < -0.39 is 15.8 Å². The zero-order valence-corrected chi connectivity index (χ0v) is 11.3. The fraction of sp³-hybridized carbons (Fsp3) is 0.0769. The van der Waals surface area contributed by atoms with Gasteiger partial charge in [0.2, 0.25) is 0 Å². The lowest BCUT2D eigenvalue weighted by molar-refractivity contribution is 0.600. The number of aromatic nitrogens is 1. The lowest BCUT2D eigenvalue weighted by Crippen LogP contribution is -2.15. The van der Waals surface area contributed by atoms with Crippen molar-refractivity contribution >= 4 is 15.7 Å². The van der Waals surface area contributed by atoms with E-state index in [1.807, 2.05) is 0 Å². The summed E-state index contributed by atoms with van der Waals surface area (Å²) in [5, 5.41) is 8.88. The quantitative estimate of drug-likeness (QED) is 0.939. The van der Waals surface area contributed by atoms with Gasteiger partial charge in [-0.15, -0.1) is 0 Å². The van der Waals surface area contributed by atoms with Gasteiger partial charge in [0.25, 0.3) is 10.0 Å². The van der Waals surface area contributed by atoms with E-state index >= 15 is 0 Å². The van der Waals surface area contributed by atoms with Gasteiger partial charge < -0.3 is 0 Å². The highest BCUT2D eigenvalue weighted by Crippen LogP contribution is 2.21. The molecule has 1 heterocycles. The summed E-state index contributed by atoms with van der Waals surface area (Å²) in [5.41, 5.74) is 0.495. The Hall–Kier alpha value is -2.46. The van der Waals surface area contributed by atoms with Crippen molar-refractivity contribution < 1.29 is 12.8 Å². The second kappa shape index (κ2) is 5.27. The van der Waals surface area contributed by atoms with Gasteiger partial charge >= 0.3 is 0 Å². The summed E-state index contributed by atoms with van der Waals surface area (Å²) in [5.74, 6) is -0.454. The molecule has 0 amide bonds. The molecule has 102 valence electrons. The highest BCUT2D eigenvalue weighted by Gasteiger charge is 2.20. The molecule has 0 radical (unpaired) electrons. The second-order valence-electron chi connectivity index (χ2n) is 4.03. The molecule has 5 nitrogen and oxygen atoms in total. The zero-order chi connectivity index (χ0) is 14.8. The minimum atomic E-state index is -3.95. The van der Waals surface area contributed by atoms with Gasteiger partial charge in [0, 0.05) is 6.20 Å². The van der Waals surface area contributed by atoms with Gasteiger partial charge in [0.05, 0.1) is 5.69 Å². The molecular weight excluding hydrogens is 281 g/mol. The number of sulfonamides is 1. The van der Waals surface area contributed by atoms with Crippen LogP contribution < -0.4 is 4.72 Å². The lowest BCUT2D eigenvalue weighted by Gasteiger charge is -2.11. The van der Waals surface area contributed by atoms with Crippen molar-refractivity contribution in [2.24, 2.45) is 0 Å². The second-order valence-corrected chi connectivity index (χ2v) is 5.68. The Balaban J connectivity index is 2.44. The van der Waals surface area contributed by atoms with Crippen LogP contribution in [-0.2, 0) is 10.0 Å². The van der Waals surface area contributed by atoms with Gasteiger partial charge in [-0.2, -0.15) is 5.26 Å². The number of nitrogens with one attached hydrogen (secondary N) is 1. The Morgan fingerprint density at radius 2 is 2.10 bits per heavy atom. The van der Waals surface area contributed by atoms with Gasteiger partial charge in [0.1, 0.15) is 16.8 Å². The molecule has 0 atom stereocenters. The summed E-state index contributed by atoms with van der Waals surface area (Å²) < 4.78 is 39.8. The van der Waals surface area contributed by atoms with E-state index in [1.165, 1.54) is 30.5 Å². The van der Waals surface area contributed by atoms with Crippen molar-refractivity contribution in [2.45, 2.75) is 11.8 Å². The lowest BCUT2D eigenvalue weighted by atomic mass is 10.2. The Morgan fingerprint density at radius 3 is 2.75 bits per heavy atom. The fourth-order valence-corrected chi connectivity index (χ4v) is 2.87. The van der Waals surface area contributed by atoms with Crippen molar-refractivity contribution in [1.82, 2.24) is 4.98 Å². The van der Waals surface area contributed by atoms with Gasteiger partial charge in [-0.25, -0.2) is 17.8 Å². The van der Waals surface area contributed by atoms with Gasteiger partial charge in [0.15, 0.2) is 5.69 Å². The first-order chi connectivity index (χ1) is 9.44. The van der Waals surface area contributed by atoms with E-state index in [0.29, 0.717) is 5.56 Å². The molecule has 1 N–H and O–H groups in total. The minimum absolute atomic E-state index is 0.195. The average molecular weight is 291 g/mol. The summed E-state index contributed by atoms with van der Waals surface area (Å²) in [6.45, 7) is 1.58. The van der Waals surface area contributed by atoms with Gasteiger partial charge in [-0.05, 0) is 42.8 Å². The Morgan fingerprint density at radius 1 is 1.35 bits per heavy atom. The Kier molecular flexibility index (Phi) is 3.68. The third-order valence-electron chi connectivity index (χ3n) is 2.60. The van der Waals surface area contributed by atoms with Crippen LogP contribution in [0.3, 0.4) is 0 Å². The maximum Gasteiger partial charge on any atom is 0.264 e. The van der Waals surface area contributed by atoms with Gasteiger partial charge in [-0.1, -0.05) is 0 Å². The first kappa shape index (κ1) is 14.0. The highest BCUT2D eigenvalue weighted by molar-refractivity contribution is 7.92. The molecule has 2 rings (SSSR count). The largest absolute Gasteiger partial charge is 0.279 e. The molecule has 2 aromatic rings. The fourth-order valence-electron chi connectivity index (χ4n) is 1.63. The predicted molar refractivity (Wildman–Crippen MR) is 70.9 cm³/mol. The van der Waals surface area contributed by atoms with E-state index in [2.05, 4.69) is 9.71 Å². The van der Waals surface area contributed by atoms with Crippen LogP contribution in [0.4, 0.5) is 10.1 Å². The van der Waals surface area contributed by atoms with Crippen LogP contribution in [-0.4, -0.2) is 13.4 Å². The van der Waals surface area contributed by atoms with Crippen molar-refractivity contribution in [2.75, 3.05) is 4.72 Å². The van der Waals surface area contributed by atoms with Crippen LogP contribution in [0.25, 0.3) is 0 Å². The molecule has 0 saturated heterocycles. The molecular formula is C13H10FN3O2S. The summed E-state index contributed by atoms with van der Waals surface area (Å²) in [6.07, 6.45) is 1.33. The van der Waals surface area contributed by atoms with Crippen LogP contribution in [0.1, 0.15) is 11.3 Å². The number of nitriles is 1. The van der Waals surface area contributed by atoms with Crippen molar-refractivity contribution in [1.29, 1.82) is 5.26 Å². The number of pyridine rings is 1. The molecule has 0 saturated carbocycles. The minimum Gasteiger partial charge on any atom is -0.279 e. The summed E-state index contributed by atoms with van der Waals surface area (Å²) in [4.78, 5) is 3.48. The van der Waals surface area contributed by atoms with Crippen molar-refractivity contribution in [3.8, 4) is 6.07 Å². The van der Waals surface area contributed by atoms with Crippen LogP contribution in [0.5, 0.6) is 0 Å². The van der Waals surface area contributed by atoms with E-state index in [0.717, 1.165) is 6.07 Å². The number of rotatable bonds is 3. The number of hydrogen-bond donors (Lipinski definition) is 1. The molecule has 0 aliphatic carbocycles. The molecule has 1 aromatic carbocycles. The number of benzene rings is 1. The van der Waals surface area contributed by atoms with E-state index in [9.17, 15) is 12.8 Å². The van der Waals surface area contributed by atoms with E-state index in [-0.39, 0.29) is 16.3 Å². The third kappa shape index (κ3) is 2.75. The monoisotopic (exact) mass is 291 g/mol. The van der Waals surface area contributed by atoms with Crippen LogP contribution in [0.15, 0.2) is 41.4 Å². The number of anilines is 1. The standard InChI is InChI=1S/C13H10FN3O2S/c1-9-7-10(14)4-5-11(9)17-20(18,19)13-3-2-6-16-12(13)8-15/h2-7,17H,1H3. The van der Waals surface area contributed by atoms with Gasteiger partial charge in [-0.3, -0.25) is 4.72 Å². The first-order valence-corrected chi connectivity index (χ1v) is 7.06. The summed E-state index contributed by atoms with van der Waals surface area (Å²) in [6, 6.07) is 8.12. The molecule has 20 heavy (non-hydrogen) atoms. The molecule has 0 unspecified atom stereocenters. The van der Waals surface area contributed by atoms with Crippen LogP contribution in [0.2, 0.25) is 0 Å². The molecule has 0 aliphatic heterocycles. The molecule has 7 heteroatoms. The molecule has 1 aromatic heterocycles. The average Bonchev–Trinajstić information content (AvgIpc) is 2.42. The Labute approximate surface area is 115 Å². The number of hydrogen-bond acceptors (Lipinski definition) is 4. The molecule has 0 spiro atoms. The maximum atomic E-state index is 13.0. The number of nitrogens with zero attached hydrogens (tertiary/aromatic N) is 2. The van der Waals surface area contributed by atoms with Crippen LogP contribution in [0, 0.1) is 24.1 Å². The first-order valence-electron chi connectivity index (χ1n) is 5.58. The van der Waals surface area contributed by atoms with Crippen molar-refractivity contribution in [3.05, 3.63) is 53.6 Å². The smallest absolute Gasteiger partial charge is 0.264 e. The predicted octanol–water partition coefficient (Wildman–Crippen LogP) is 2.20. The molecule has 0 bridgehead atoms. The highest BCUT2D eigenvalue weighted by atomic mass is 32.2. The van der Waals surface area contributed by atoms with E-state index in [4.69, 9.17) is 5.26 Å². The number of aryl methyl sites for hydroxylation is 1. The Bertz CT molecular complexity index is 798. The maximum absolute atomic E-state index is 13.0. The third-order valence-corrected chi connectivity index (χ3v) is 4.00. The summed E-state index contributed by atoms with van der Waals surface area (Å²) >= 11 is 0. The SMILES string of the molecule is Cc1cc(F)ccc1NS(=O)(=O)c1cccnc1C#N. The summed E-state index contributed by atoms with van der Waals surface area (Å²) in [7, 11) is -3.95. The van der Waals surface area contributed by atoms with Crippen LogP contribution >= 0.6 is 0 Å². The molecule has 0 aliphatic rings. The normalized spacial score (nSPS) is 10.8. The molecule has 0 fully saturated rings. The zero-order valence-electron chi connectivity index (χ0n) is 10.5. The topological polar surface area (TPSA) is 82.8 Å².